The average molecular weight is 839 g/mol. The summed E-state index contributed by atoms with van der Waals surface area (Å²) < 4.78 is 13.9. The molecule has 15 nitrogen and oxygen atoms in total. The van der Waals surface area contributed by atoms with Crippen molar-refractivity contribution in [3.8, 4) is 28.1 Å². The number of pyridine rings is 1. The fraction of sp³-hybridized carbons (Fsp3) is 0.500. The molecule has 7 rings (SSSR count). The molecule has 3 amide bonds. The van der Waals surface area contributed by atoms with E-state index in [9.17, 15) is 34.5 Å². The molecule has 6 bridgehead atoms. The highest BCUT2D eigenvalue weighted by molar-refractivity contribution is 5.96. The van der Waals surface area contributed by atoms with Crippen LogP contribution in [0, 0.1) is 5.41 Å². The Bertz CT molecular complexity index is 2360. The number of ether oxygens (including phenoxy) is 2. The summed E-state index contributed by atoms with van der Waals surface area (Å²) in [7, 11) is 1.65. The molecular weight excluding hydrogens is 781 g/mol. The summed E-state index contributed by atoms with van der Waals surface area (Å²) in [6.45, 7) is 11.7. The third kappa shape index (κ3) is 8.61. The number of hydrogen-bond acceptors (Lipinski definition) is 11. The fourth-order valence-corrected chi connectivity index (χ4v) is 9.33. The zero-order valence-electron chi connectivity index (χ0n) is 36.1. The van der Waals surface area contributed by atoms with Crippen molar-refractivity contribution < 1.29 is 44.0 Å². The van der Waals surface area contributed by atoms with Crippen LogP contribution < -0.4 is 10.7 Å². The van der Waals surface area contributed by atoms with E-state index in [0.717, 1.165) is 44.0 Å². The number of likely N-dealkylation sites (tertiary alicyclic amines) is 1. The smallest absolute Gasteiger partial charge is 0.355 e. The van der Waals surface area contributed by atoms with Gasteiger partial charge in [0.15, 0.2) is 0 Å². The lowest BCUT2D eigenvalue weighted by Crippen LogP contribution is -2.68. The molecule has 326 valence electrons. The summed E-state index contributed by atoms with van der Waals surface area (Å²) >= 11 is 0. The first-order valence-electron chi connectivity index (χ1n) is 21.1. The Labute approximate surface area is 356 Å². The zero-order chi connectivity index (χ0) is 44.0. The van der Waals surface area contributed by atoms with Gasteiger partial charge in [0, 0.05) is 74.6 Å². The molecule has 5 atom stereocenters. The molecule has 3 aliphatic heterocycles. The number of amides is 3. The van der Waals surface area contributed by atoms with Crippen LogP contribution in [-0.2, 0) is 48.0 Å². The zero-order valence-corrected chi connectivity index (χ0v) is 36.1. The van der Waals surface area contributed by atoms with E-state index in [1.54, 1.807) is 19.4 Å². The number of nitrogens with zero attached hydrogens (tertiary/aromatic N) is 4. The van der Waals surface area contributed by atoms with E-state index in [1.165, 1.54) is 24.8 Å². The van der Waals surface area contributed by atoms with Crippen LogP contribution in [0.1, 0.15) is 90.2 Å². The predicted molar refractivity (Wildman–Crippen MR) is 228 cm³/mol. The van der Waals surface area contributed by atoms with Crippen molar-refractivity contribution in [1.29, 1.82) is 0 Å². The number of methoxy groups -OCH3 is 1. The lowest BCUT2D eigenvalue weighted by Gasteiger charge is -2.44. The van der Waals surface area contributed by atoms with Gasteiger partial charge in [0.25, 0.3) is 5.91 Å². The highest BCUT2D eigenvalue weighted by Gasteiger charge is 2.48. The highest BCUT2D eigenvalue weighted by atomic mass is 16.6. The average Bonchev–Trinajstić information content (AvgIpc) is 3.52. The number of esters is 1. The van der Waals surface area contributed by atoms with E-state index >= 15 is 0 Å². The molecule has 5 heterocycles. The maximum absolute atomic E-state index is 14.5. The summed E-state index contributed by atoms with van der Waals surface area (Å²) in [4.78, 5) is 61.4. The van der Waals surface area contributed by atoms with Gasteiger partial charge in [-0.2, -0.15) is 5.43 Å². The molecule has 0 aliphatic carbocycles. The number of aromatic hydroxyl groups is 1. The summed E-state index contributed by atoms with van der Waals surface area (Å²) in [5.74, 6) is -2.82. The molecule has 4 aromatic rings. The van der Waals surface area contributed by atoms with Gasteiger partial charge in [0.1, 0.15) is 17.8 Å². The number of hydrogen-bond donors (Lipinski definition) is 5. The van der Waals surface area contributed by atoms with E-state index in [1.807, 2.05) is 51.1 Å². The lowest BCUT2D eigenvalue weighted by atomic mass is 9.84. The summed E-state index contributed by atoms with van der Waals surface area (Å²) in [6.07, 6.45) is 2.70. The van der Waals surface area contributed by atoms with Crippen LogP contribution in [0.2, 0.25) is 0 Å². The van der Waals surface area contributed by atoms with Crippen LogP contribution >= 0.6 is 0 Å². The monoisotopic (exact) mass is 838 g/mol. The van der Waals surface area contributed by atoms with Crippen molar-refractivity contribution in [2.24, 2.45) is 5.41 Å². The molecule has 15 heteroatoms. The van der Waals surface area contributed by atoms with Crippen molar-refractivity contribution >= 4 is 34.6 Å². The number of nitrogens with one attached hydrogen (secondary N) is 2. The maximum atomic E-state index is 14.5. The number of phenols is 1. The van der Waals surface area contributed by atoms with E-state index in [-0.39, 0.29) is 57.2 Å². The molecule has 0 saturated carbocycles. The minimum absolute atomic E-state index is 0.0418. The number of aromatic nitrogens is 2. The number of carbonyl (C=O) groups is 4. The molecule has 0 spiro atoms. The quantitative estimate of drug-likeness (QED) is 0.171. The summed E-state index contributed by atoms with van der Waals surface area (Å²) in [5.41, 5.74) is 4.74. The molecule has 1 unspecified atom stereocenters. The van der Waals surface area contributed by atoms with E-state index in [4.69, 9.17) is 14.5 Å². The van der Waals surface area contributed by atoms with Crippen molar-refractivity contribution in [3.63, 3.8) is 0 Å². The molecule has 2 aromatic carbocycles. The Kier molecular flexibility index (Phi) is 12.1. The lowest BCUT2D eigenvalue weighted by molar-refractivity contribution is -0.189. The second-order valence-corrected chi connectivity index (χ2v) is 17.8. The number of piperidine rings is 1. The predicted octanol–water partition coefficient (Wildman–Crippen LogP) is 4.53. The Hall–Kier alpha value is -5.35. The first-order chi connectivity index (χ1) is 28.9. The highest BCUT2D eigenvalue weighted by Crippen LogP contribution is 2.42. The van der Waals surface area contributed by atoms with Crippen LogP contribution in [0.15, 0.2) is 54.7 Å². The standard InChI is InChI=1S/C46H58N6O9/c1-8-50-37-14-13-30-24-34(37)35(39(50)33-12-9-17-47-38(33)27(2)60-7)25-44(4,5)26-61-43(57)46(59)16-11-19-52(49-46)42(56)36(22-29-20-31(30)23-32(54)21-29)48-41(55)40-45(6,58)15-10-18-51(40)28(3)53/h9,12-14,17,20-21,23-24,27,36,40,49,54,58-59H,8,10-11,15-16,18-19,22,25-26H2,1-7H3,(H,48,55)/t27-,36-,40+,45?,46-/m0/s1. The molecule has 0 radical (unpaired) electrons. The van der Waals surface area contributed by atoms with Gasteiger partial charge in [-0.1, -0.05) is 26.0 Å². The second kappa shape index (κ2) is 16.8. The largest absolute Gasteiger partial charge is 0.508 e. The summed E-state index contributed by atoms with van der Waals surface area (Å²) in [6, 6.07) is 12.5. The number of phenolic OH excluding ortho intramolecular Hbond substituents is 1. The van der Waals surface area contributed by atoms with Crippen LogP contribution in [0.3, 0.4) is 0 Å². The van der Waals surface area contributed by atoms with Gasteiger partial charge < -0.3 is 39.6 Å². The topological polar surface area (TPSA) is 196 Å². The van der Waals surface area contributed by atoms with E-state index < -0.39 is 52.5 Å². The Balaban J connectivity index is 1.39. The molecule has 5 N–H and O–H groups in total. The molecule has 2 aromatic heterocycles. The maximum Gasteiger partial charge on any atom is 0.355 e. The Morgan fingerprint density at radius 2 is 1.80 bits per heavy atom. The van der Waals surface area contributed by atoms with E-state index in [2.05, 4.69) is 28.3 Å². The Morgan fingerprint density at radius 1 is 1.05 bits per heavy atom. The first-order valence-corrected chi connectivity index (χ1v) is 21.1. The fourth-order valence-electron chi connectivity index (χ4n) is 9.33. The van der Waals surface area contributed by atoms with Crippen molar-refractivity contribution in [3.05, 3.63) is 71.5 Å². The van der Waals surface area contributed by atoms with Crippen molar-refractivity contribution in [2.75, 3.05) is 26.8 Å². The number of hydrazine groups is 1. The number of rotatable bonds is 6. The van der Waals surface area contributed by atoms with Crippen LogP contribution in [0.4, 0.5) is 0 Å². The summed E-state index contributed by atoms with van der Waals surface area (Å²) in [5, 5.41) is 39.3. The first kappa shape index (κ1) is 43.7. The molecule has 2 saturated heterocycles. The molecule has 2 fully saturated rings. The van der Waals surface area contributed by atoms with Crippen LogP contribution in [-0.4, -0.2) is 109 Å². The van der Waals surface area contributed by atoms with E-state index in [0.29, 0.717) is 30.5 Å². The van der Waals surface area contributed by atoms with Gasteiger partial charge in [-0.05, 0) is 105 Å². The van der Waals surface area contributed by atoms with Gasteiger partial charge in [0.05, 0.1) is 29.7 Å². The number of fused-ring (bicyclic) bond motifs is 6. The Morgan fingerprint density at radius 3 is 2.52 bits per heavy atom. The number of aliphatic hydroxyl groups is 2. The van der Waals surface area contributed by atoms with Gasteiger partial charge in [0.2, 0.25) is 17.5 Å². The normalized spacial score (nSPS) is 25.1. The molecular formula is C46H58N6O9. The van der Waals surface area contributed by atoms with Gasteiger partial charge >= 0.3 is 5.97 Å². The van der Waals surface area contributed by atoms with Crippen LogP contribution in [0.25, 0.3) is 33.3 Å². The number of cyclic esters (lactones) is 1. The second-order valence-electron chi connectivity index (χ2n) is 17.8. The van der Waals surface area contributed by atoms with Gasteiger partial charge in [-0.15, -0.1) is 0 Å². The number of aryl methyl sites for hydroxylation is 1. The SMILES string of the molecule is CCn1c(-c2cccnc2[C@H](C)OC)c2c3cc(ccc31)-c1cc(O)cc(c1)C[C@H](NC(=O)[C@H]1N(C(C)=O)CCCC1(C)O)C(=O)N1CCC[C@@](O)(N1)C(=O)OCC(C)(C)C2. The van der Waals surface area contributed by atoms with Crippen LogP contribution in [0.5, 0.6) is 5.75 Å². The van der Waals surface area contributed by atoms with Crippen molar-refractivity contribution in [2.45, 2.75) is 116 Å². The van der Waals surface area contributed by atoms with Gasteiger partial charge in [-0.25, -0.2) is 4.79 Å². The number of benzene rings is 2. The minimum Gasteiger partial charge on any atom is -0.508 e. The minimum atomic E-state index is -2.26. The number of carbonyl (C=O) groups excluding carboxylic acids is 4. The molecule has 61 heavy (non-hydrogen) atoms. The van der Waals surface area contributed by atoms with Crippen molar-refractivity contribution in [1.82, 2.24) is 30.2 Å². The molecule has 3 aliphatic rings. The third-order valence-corrected chi connectivity index (χ3v) is 12.4. The van der Waals surface area contributed by atoms with Gasteiger partial charge in [-0.3, -0.25) is 24.4 Å². The third-order valence-electron chi connectivity index (χ3n) is 12.4.